The molecule has 0 bridgehead atoms. The van der Waals surface area contributed by atoms with Gasteiger partial charge in [-0.25, -0.2) is 0 Å². The van der Waals surface area contributed by atoms with Crippen LogP contribution in [0.2, 0.25) is 0 Å². The van der Waals surface area contributed by atoms with Crippen LogP contribution < -0.4 is 0 Å². The topological polar surface area (TPSA) is 70.4 Å². The van der Waals surface area contributed by atoms with Gasteiger partial charge >= 0.3 is 5.97 Å². The van der Waals surface area contributed by atoms with E-state index in [1.165, 1.54) is 7.11 Å². The molecule has 2 atom stereocenters. The fraction of sp³-hybridized carbons (Fsp3) is 0.667. The molecule has 5 heteroatoms. The third-order valence-corrected chi connectivity index (χ3v) is 2.43. The summed E-state index contributed by atoms with van der Waals surface area (Å²) in [6.07, 6.45) is 0.0724. The number of rotatable bonds is 2. The molecule has 1 heterocycles. The van der Waals surface area contributed by atoms with E-state index in [1.54, 1.807) is 11.9 Å². The Morgan fingerprint density at radius 3 is 2.93 bits per heavy atom. The lowest BCUT2D eigenvalue weighted by atomic mass is 9.96. The number of Topliss-reactive ketones (excluding diaryl/α,β-unsaturated/α-hetero) is 1. The second kappa shape index (κ2) is 4.20. The lowest BCUT2D eigenvalue weighted by Crippen LogP contribution is -2.38. The molecule has 0 aromatic rings. The SMILES string of the molecule is COC(=O)[C@@H]1[C@H](CC#N)C(=O)CN1C. The van der Waals surface area contributed by atoms with Crippen LogP contribution >= 0.6 is 0 Å². The van der Waals surface area contributed by atoms with Gasteiger partial charge in [-0.2, -0.15) is 5.26 Å². The molecule has 1 rings (SSSR count). The van der Waals surface area contributed by atoms with Gasteiger partial charge in [0.15, 0.2) is 5.78 Å². The standard InChI is InChI=1S/C9H12N2O3/c1-11-5-7(12)6(3-4-10)8(11)9(13)14-2/h6,8H,3,5H2,1-2H3/t6-,8+/m1/s1. The lowest BCUT2D eigenvalue weighted by molar-refractivity contribution is -0.147. The first-order valence-corrected chi connectivity index (χ1v) is 4.29. The van der Waals surface area contributed by atoms with Gasteiger partial charge in [-0.3, -0.25) is 14.5 Å². The molecule has 0 amide bonds. The molecule has 0 unspecified atom stereocenters. The number of carbonyl (C=O) groups excluding carboxylic acids is 2. The summed E-state index contributed by atoms with van der Waals surface area (Å²) < 4.78 is 4.59. The Balaban J connectivity index is 2.84. The average molecular weight is 196 g/mol. The highest BCUT2D eigenvalue weighted by molar-refractivity contribution is 5.93. The molecule has 1 aliphatic heterocycles. The summed E-state index contributed by atoms with van der Waals surface area (Å²) in [4.78, 5) is 24.4. The molecule has 14 heavy (non-hydrogen) atoms. The van der Waals surface area contributed by atoms with Crippen LogP contribution in [0.25, 0.3) is 0 Å². The van der Waals surface area contributed by atoms with Crippen molar-refractivity contribution in [3.63, 3.8) is 0 Å². The predicted octanol–water partition coefficient (Wildman–Crippen LogP) is -0.428. The molecule has 1 aliphatic rings. The van der Waals surface area contributed by atoms with Gasteiger partial charge in [0.2, 0.25) is 0 Å². The normalized spacial score (nSPS) is 27.4. The highest BCUT2D eigenvalue weighted by Gasteiger charge is 2.43. The molecule has 0 radical (unpaired) electrons. The van der Waals surface area contributed by atoms with E-state index in [2.05, 4.69) is 4.74 Å². The van der Waals surface area contributed by atoms with Crippen molar-refractivity contribution in [3.8, 4) is 6.07 Å². The number of carbonyl (C=O) groups is 2. The predicted molar refractivity (Wildman–Crippen MR) is 47.2 cm³/mol. The molecular weight excluding hydrogens is 184 g/mol. The van der Waals surface area contributed by atoms with Crippen molar-refractivity contribution in [2.45, 2.75) is 12.5 Å². The molecule has 1 saturated heterocycles. The van der Waals surface area contributed by atoms with Crippen molar-refractivity contribution in [3.05, 3.63) is 0 Å². The zero-order chi connectivity index (χ0) is 10.7. The van der Waals surface area contributed by atoms with Gasteiger partial charge in [-0.05, 0) is 7.05 Å². The number of nitriles is 1. The van der Waals surface area contributed by atoms with E-state index in [0.29, 0.717) is 0 Å². The van der Waals surface area contributed by atoms with Crippen molar-refractivity contribution < 1.29 is 14.3 Å². The first kappa shape index (κ1) is 10.7. The third kappa shape index (κ3) is 1.75. The number of esters is 1. The van der Waals surface area contributed by atoms with Crippen LogP contribution in [0.3, 0.4) is 0 Å². The second-order valence-corrected chi connectivity index (χ2v) is 3.32. The zero-order valence-corrected chi connectivity index (χ0v) is 8.19. The summed E-state index contributed by atoms with van der Waals surface area (Å²) in [5.41, 5.74) is 0. The smallest absolute Gasteiger partial charge is 0.323 e. The van der Waals surface area contributed by atoms with Crippen molar-refractivity contribution in [1.82, 2.24) is 4.90 Å². The summed E-state index contributed by atoms with van der Waals surface area (Å²) in [5.74, 6) is -1.04. The van der Waals surface area contributed by atoms with Crippen LogP contribution in [-0.2, 0) is 14.3 Å². The molecule has 5 nitrogen and oxygen atoms in total. The van der Waals surface area contributed by atoms with E-state index in [-0.39, 0.29) is 18.7 Å². The van der Waals surface area contributed by atoms with Gasteiger partial charge in [0.1, 0.15) is 6.04 Å². The number of methoxy groups -OCH3 is 1. The molecule has 0 spiro atoms. The van der Waals surface area contributed by atoms with Crippen LogP contribution in [0.1, 0.15) is 6.42 Å². The number of ether oxygens (including phenoxy) is 1. The number of likely N-dealkylation sites (tertiary alicyclic amines) is 1. The number of nitrogens with zero attached hydrogens (tertiary/aromatic N) is 2. The number of likely N-dealkylation sites (N-methyl/N-ethyl adjacent to an activating group) is 1. The fourth-order valence-corrected chi connectivity index (χ4v) is 1.73. The van der Waals surface area contributed by atoms with Crippen LogP contribution in [0.4, 0.5) is 0 Å². The highest BCUT2D eigenvalue weighted by atomic mass is 16.5. The maximum absolute atomic E-state index is 11.4. The largest absolute Gasteiger partial charge is 0.468 e. The maximum atomic E-state index is 11.4. The third-order valence-electron chi connectivity index (χ3n) is 2.43. The molecule has 0 N–H and O–H groups in total. The first-order chi connectivity index (χ1) is 6.61. The van der Waals surface area contributed by atoms with E-state index in [0.717, 1.165) is 0 Å². The Labute approximate surface area is 82.2 Å². The molecule has 1 fully saturated rings. The molecule has 76 valence electrons. The summed E-state index contributed by atoms with van der Waals surface area (Å²) in [7, 11) is 2.96. The molecule has 0 aromatic heterocycles. The number of hydrogen-bond donors (Lipinski definition) is 0. The Morgan fingerprint density at radius 2 is 2.43 bits per heavy atom. The van der Waals surface area contributed by atoms with E-state index in [9.17, 15) is 9.59 Å². The van der Waals surface area contributed by atoms with E-state index in [4.69, 9.17) is 5.26 Å². The van der Waals surface area contributed by atoms with Crippen LogP contribution in [0.5, 0.6) is 0 Å². The van der Waals surface area contributed by atoms with Gasteiger partial charge in [0, 0.05) is 6.42 Å². The Bertz CT molecular complexity index is 295. The van der Waals surface area contributed by atoms with Crippen molar-refractivity contribution in [1.29, 1.82) is 5.26 Å². The van der Waals surface area contributed by atoms with Crippen LogP contribution in [0.15, 0.2) is 0 Å². The second-order valence-electron chi connectivity index (χ2n) is 3.32. The summed E-state index contributed by atoms with van der Waals surface area (Å²) >= 11 is 0. The van der Waals surface area contributed by atoms with Crippen molar-refractivity contribution in [2.24, 2.45) is 5.92 Å². The van der Waals surface area contributed by atoms with Crippen LogP contribution in [-0.4, -0.2) is 43.4 Å². The summed E-state index contributed by atoms with van der Waals surface area (Å²) in [6.45, 7) is 0.214. The lowest BCUT2D eigenvalue weighted by Gasteiger charge is -2.19. The first-order valence-electron chi connectivity index (χ1n) is 4.29. The Hall–Kier alpha value is -1.41. The monoisotopic (exact) mass is 196 g/mol. The van der Waals surface area contributed by atoms with E-state index in [1.807, 2.05) is 6.07 Å². The van der Waals surface area contributed by atoms with Gasteiger partial charge in [-0.15, -0.1) is 0 Å². The summed E-state index contributed by atoms with van der Waals surface area (Å²) in [5, 5.41) is 8.53. The van der Waals surface area contributed by atoms with Crippen molar-refractivity contribution in [2.75, 3.05) is 20.7 Å². The molecule has 0 saturated carbocycles. The molecule has 0 aromatic carbocycles. The number of ketones is 1. The Kier molecular flexibility index (Phi) is 3.20. The zero-order valence-electron chi connectivity index (χ0n) is 8.19. The Morgan fingerprint density at radius 1 is 1.79 bits per heavy atom. The highest BCUT2D eigenvalue weighted by Crippen LogP contribution is 2.23. The minimum absolute atomic E-state index is 0.0653. The van der Waals surface area contributed by atoms with Gasteiger partial charge < -0.3 is 4.74 Å². The maximum Gasteiger partial charge on any atom is 0.323 e. The van der Waals surface area contributed by atoms with Gasteiger partial charge in [0.05, 0.1) is 25.6 Å². The molecule has 0 aliphatic carbocycles. The average Bonchev–Trinajstić information content (AvgIpc) is 2.42. The quantitative estimate of drug-likeness (QED) is 0.560. The fourth-order valence-electron chi connectivity index (χ4n) is 1.73. The van der Waals surface area contributed by atoms with Gasteiger partial charge in [-0.1, -0.05) is 0 Å². The van der Waals surface area contributed by atoms with Crippen LogP contribution in [0, 0.1) is 17.2 Å². The van der Waals surface area contributed by atoms with Gasteiger partial charge in [0.25, 0.3) is 0 Å². The summed E-state index contributed by atoms with van der Waals surface area (Å²) in [6, 6.07) is 1.32. The van der Waals surface area contributed by atoms with Crippen molar-refractivity contribution >= 4 is 11.8 Å². The van der Waals surface area contributed by atoms with E-state index >= 15 is 0 Å². The minimum atomic E-state index is -0.591. The number of hydrogen-bond acceptors (Lipinski definition) is 5. The van der Waals surface area contributed by atoms with E-state index < -0.39 is 17.9 Å². The molecular formula is C9H12N2O3. The minimum Gasteiger partial charge on any atom is -0.468 e.